The molecule has 6 nitrogen and oxygen atoms in total. The van der Waals surface area contributed by atoms with E-state index >= 15 is 0 Å². The number of piperidine rings is 1. The predicted octanol–water partition coefficient (Wildman–Crippen LogP) is 2.46. The van der Waals surface area contributed by atoms with Crippen LogP contribution < -0.4 is 10.2 Å². The molecule has 0 amide bonds. The van der Waals surface area contributed by atoms with Gasteiger partial charge in [0.2, 0.25) is 5.95 Å². The smallest absolute Gasteiger partial charge is 0.225 e. The average molecular weight is 316 g/mol. The first-order valence-corrected chi connectivity index (χ1v) is 8.57. The number of rotatable bonds is 5. The molecule has 1 aliphatic heterocycles. The van der Waals surface area contributed by atoms with Crippen molar-refractivity contribution in [3.05, 3.63) is 30.9 Å². The Morgan fingerprint density at radius 1 is 1.32 bits per heavy atom. The van der Waals surface area contributed by atoms with E-state index in [1.165, 1.54) is 0 Å². The summed E-state index contributed by atoms with van der Waals surface area (Å²) in [6.45, 7) is 4.00. The van der Waals surface area contributed by atoms with Crippen LogP contribution in [0.2, 0.25) is 0 Å². The first-order chi connectivity index (χ1) is 10.8. The van der Waals surface area contributed by atoms with Crippen LogP contribution in [-0.2, 0) is 0 Å². The minimum atomic E-state index is 0.341. The number of hydrogen-bond donors (Lipinski definition) is 1. The maximum atomic E-state index is 4.59. The third kappa shape index (κ3) is 3.85. The van der Waals surface area contributed by atoms with Gasteiger partial charge in [0.1, 0.15) is 10.8 Å². The van der Waals surface area contributed by atoms with Crippen molar-refractivity contribution in [3.8, 4) is 0 Å². The molecule has 0 unspecified atom stereocenters. The van der Waals surface area contributed by atoms with Crippen LogP contribution in [0.1, 0.15) is 19.8 Å². The SMILES string of the molecule is CCSc1cncc(N[C@@H]2CCCN(c3ncccn3)C2)n1. The molecule has 1 aliphatic rings. The molecule has 0 aromatic carbocycles. The van der Waals surface area contributed by atoms with Gasteiger partial charge >= 0.3 is 0 Å². The molecule has 2 aromatic heterocycles. The summed E-state index contributed by atoms with van der Waals surface area (Å²) in [5.41, 5.74) is 0. The second kappa shape index (κ2) is 7.40. The Kier molecular flexibility index (Phi) is 5.05. The molecule has 2 aromatic rings. The van der Waals surface area contributed by atoms with Gasteiger partial charge in [-0.05, 0) is 24.7 Å². The van der Waals surface area contributed by atoms with Crippen LogP contribution in [0.25, 0.3) is 0 Å². The van der Waals surface area contributed by atoms with Crippen LogP contribution in [0.5, 0.6) is 0 Å². The summed E-state index contributed by atoms with van der Waals surface area (Å²) in [5, 5.41) is 4.46. The fourth-order valence-electron chi connectivity index (χ4n) is 2.58. The number of aromatic nitrogens is 4. The third-order valence-corrected chi connectivity index (χ3v) is 4.29. The summed E-state index contributed by atoms with van der Waals surface area (Å²) in [6.07, 6.45) is 9.41. The van der Waals surface area contributed by atoms with E-state index in [0.29, 0.717) is 6.04 Å². The van der Waals surface area contributed by atoms with E-state index in [-0.39, 0.29) is 0 Å². The van der Waals surface area contributed by atoms with E-state index in [0.717, 1.165) is 48.5 Å². The Balaban J connectivity index is 1.64. The van der Waals surface area contributed by atoms with Crippen LogP contribution in [-0.4, -0.2) is 44.8 Å². The molecule has 3 heterocycles. The lowest BCUT2D eigenvalue weighted by Gasteiger charge is -2.33. The van der Waals surface area contributed by atoms with Crippen molar-refractivity contribution in [1.82, 2.24) is 19.9 Å². The zero-order valence-electron chi connectivity index (χ0n) is 12.6. The summed E-state index contributed by atoms with van der Waals surface area (Å²) in [5.74, 6) is 2.65. The number of nitrogens with zero attached hydrogens (tertiary/aromatic N) is 5. The number of hydrogen-bond acceptors (Lipinski definition) is 7. The molecule has 3 rings (SSSR count). The second-order valence-electron chi connectivity index (χ2n) is 5.15. The topological polar surface area (TPSA) is 66.8 Å². The van der Waals surface area contributed by atoms with E-state index in [2.05, 4.69) is 37.1 Å². The van der Waals surface area contributed by atoms with Gasteiger partial charge < -0.3 is 10.2 Å². The maximum absolute atomic E-state index is 4.59. The molecule has 1 saturated heterocycles. The summed E-state index contributed by atoms with van der Waals surface area (Å²) in [7, 11) is 0. The Bertz CT molecular complexity index is 594. The van der Waals surface area contributed by atoms with Crippen molar-refractivity contribution in [1.29, 1.82) is 0 Å². The molecule has 116 valence electrons. The van der Waals surface area contributed by atoms with Crippen LogP contribution >= 0.6 is 11.8 Å². The Labute approximate surface area is 134 Å². The van der Waals surface area contributed by atoms with E-state index in [9.17, 15) is 0 Å². The Morgan fingerprint density at radius 3 is 3.00 bits per heavy atom. The number of nitrogens with one attached hydrogen (secondary N) is 1. The lowest BCUT2D eigenvalue weighted by Crippen LogP contribution is -2.43. The zero-order valence-corrected chi connectivity index (χ0v) is 13.5. The molecular weight excluding hydrogens is 296 g/mol. The highest BCUT2D eigenvalue weighted by atomic mass is 32.2. The lowest BCUT2D eigenvalue weighted by atomic mass is 10.1. The standard InChI is InChI=1S/C15H20N6S/c1-2-22-14-10-16-9-13(20-14)19-12-5-3-8-21(11-12)15-17-6-4-7-18-15/h4,6-7,9-10,12H,2-3,5,8,11H2,1H3,(H,19,20)/t12-/m1/s1. The molecular formula is C15H20N6S. The van der Waals surface area contributed by atoms with Crippen LogP contribution in [0.4, 0.5) is 11.8 Å². The molecule has 0 radical (unpaired) electrons. The Morgan fingerprint density at radius 2 is 2.18 bits per heavy atom. The van der Waals surface area contributed by atoms with Gasteiger partial charge in [0, 0.05) is 31.5 Å². The fraction of sp³-hybridized carbons (Fsp3) is 0.467. The average Bonchev–Trinajstić information content (AvgIpc) is 2.57. The highest BCUT2D eigenvalue weighted by Gasteiger charge is 2.21. The molecule has 0 saturated carbocycles. The van der Waals surface area contributed by atoms with Gasteiger partial charge in [-0.25, -0.2) is 15.0 Å². The summed E-state index contributed by atoms with van der Waals surface area (Å²) >= 11 is 1.70. The fourth-order valence-corrected chi connectivity index (χ4v) is 3.17. The highest BCUT2D eigenvalue weighted by molar-refractivity contribution is 7.99. The van der Waals surface area contributed by atoms with Crippen molar-refractivity contribution in [3.63, 3.8) is 0 Å². The number of anilines is 2. The highest BCUT2D eigenvalue weighted by Crippen LogP contribution is 2.20. The predicted molar refractivity (Wildman–Crippen MR) is 89.3 cm³/mol. The quantitative estimate of drug-likeness (QED) is 0.850. The molecule has 0 bridgehead atoms. The normalized spacial score (nSPS) is 18.2. The van der Waals surface area contributed by atoms with Gasteiger partial charge in [0.25, 0.3) is 0 Å². The molecule has 1 N–H and O–H groups in total. The third-order valence-electron chi connectivity index (χ3n) is 3.51. The molecule has 1 atom stereocenters. The number of thioether (sulfide) groups is 1. The largest absolute Gasteiger partial charge is 0.364 e. The molecule has 22 heavy (non-hydrogen) atoms. The van der Waals surface area contributed by atoms with Crippen molar-refractivity contribution >= 4 is 23.5 Å². The monoisotopic (exact) mass is 316 g/mol. The van der Waals surface area contributed by atoms with Gasteiger partial charge in [-0.2, -0.15) is 0 Å². The summed E-state index contributed by atoms with van der Waals surface area (Å²) in [6, 6.07) is 2.18. The maximum Gasteiger partial charge on any atom is 0.225 e. The van der Waals surface area contributed by atoms with Gasteiger partial charge in [0.05, 0.1) is 12.4 Å². The zero-order chi connectivity index (χ0) is 15.2. The van der Waals surface area contributed by atoms with Crippen molar-refractivity contribution < 1.29 is 0 Å². The molecule has 1 fully saturated rings. The van der Waals surface area contributed by atoms with Gasteiger partial charge in [-0.15, -0.1) is 11.8 Å². The van der Waals surface area contributed by atoms with E-state index < -0.39 is 0 Å². The van der Waals surface area contributed by atoms with Gasteiger partial charge in [0.15, 0.2) is 0 Å². The van der Waals surface area contributed by atoms with Crippen LogP contribution in [0, 0.1) is 0 Å². The molecule has 0 spiro atoms. The van der Waals surface area contributed by atoms with Crippen molar-refractivity contribution in [2.45, 2.75) is 30.8 Å². The van der Waals surface area contributed by atoms with Crippen LogP contribution in [0.3, 0.4) is 0 Å². The first kappa shape index (κ1) is 15.0. The second-order valence-corrected chi connectivity index (χ2v) is 6.44. The van der Waals surface area contributed by atoms with Gasteiger partial charge in [-0.1, -0.05) is 6.92 Å². The van der Waals surface area contributed by atoms with E-state index in [1.54, 1.807) is 30.4 Å². The first-order valence-electron chi connectivity index (χ1n) is 7.58. The molecule has 0 aliphatic carbocycles. The summed E-state index contributed by atoms with van der Waals surface area (Å²) < 4.78 is 0. The Hall–Kier alpha value is -1.89. The van der Waals surface area contributed by atoms with Crippen LogP contribution in [0.15, 0.2) is 35.9 Å². The van der Waals surface area contributed by atoms with Crippen molar-refractivity contribution in [2.24, 2.45) is 0 Å². The minimum absolute atomic E-state index is 0.341. The minimum Gasteiger partial charge on any atom is -0.364 e. The lowest BCUT2D eigenvalue weighted by molar-refractivity contribution is 0.521. The summed E-state index contributed by atoms with van der Waals surface area (Å²) in [4.78, 5) is 19.8. The van der Waals surface area contributed by atoms with E-state index in [4.69, 9.17) is 0 Å². The van der Waals surface area contributed by atoms with Gasteiger partial charge in [-0.3, -0.25) is 4.98 Å². The molecule has 7 heteroatoms. The van der Waals surface area contributed by atoms with Crippen molar-refractivity contribution in [2.75, 3.05) is 29.1 Å². The van der Waals surface area contributed by atoms with E-state index in [1.807, 2.05) is 12.3 Å².